The maximum absolute atomic E-state index is 9.42. The first-order valence-electron chi connectivity index (χ1n) is 7.57. The van der Waals surface area contributed by atoms with Crippen molar-refractivity contribution in [2.75, 3.05) is 5.32 Å². The quantitative estimate of drug-likeness (QED) is 0.914. The number of hydrogen-bond acceptors (Lipinski definition) is 4. The highest BCUT2D eigenvalue weighted by atomic mass is 16.5. The Morgan fingerprint density at radius 2 is 2.00 bits per heavy atom. The second-order valence-electron chi connectivity index (χ2n) is 7.04. The summed E-state index contributed by atoms with van der Waals surface area (Å²) in [5.74, 6) is 0. The lowest BCUT2D eigenvalue weighted by Gasteiger charge is -2.29. The third-order valence-corrected chi connectivity index (χ3v) is 4.29. The molecule has 0 saturated carbocycles. The Morgan fingerprint density at radius 3 is 2.64 bits per heavy atom. The van der Waals surface area contributed by atoms with E-state index in [1.54, 1.807) is 6.20 Å². The summed E-state index contributed by atoms with van der Waals surface area (Å²) in [6, 6.07) is 10.3. The van der Waals surface area contributed by atoms with E-state index in [2.05, 4.69) is 44.1 Å². The van der Waals surface area contributed by atoms with Crippen LogP contribution in [0.15, 0.2) is 30.5 Å². The molecule has 22 heavy (non-hydrogen) atoms. The van der Waals surface area contributed by atoms with Gasteiger partial charge in [-0.05, 0) is 40.2 Å². The Kier molecular flexibility index (Phi) is 3.34. The van der Waals surface area contributed by atoms with Crippen molar-refractivity contribution in [2.24, 2.45) is 0 Å². The number of benzene rings is 1. The Labute approximate surface area is 131 Å². The van der Waals surface area contributed by atoms with Gasteiger partial charge in [0.1, 0.15) is 6.07 Å². The Hall–Kier alpha value is -2.12. The summed E-state index contributed by atoms with van der Waals surface area (Å²) in [6.07, 6.45) is 2.53. The molecule has 1 aliphatic heterocycles. The molecule has 1 N–H and O–H groups in total. The van der Waals surface area contributed by atoms with Gasteiger partial charge in [-0.15, -0.1) is 0 Å². The molecule has 3 rings (SSSR count). The minimum atomic E-state index is -0.291. The van der Waals surface area contributed by atoms with Crippen LogP contribution < -0.4 is 5.32 Å². The smallest absolute Gasteiger partial charge is 0.103 e. The van der Waals surface area contributed by atoms with Crippen LogP contribution in [0.4, 0.5) is 5.69 Å². The number of nitrogens with one attached hydrogen (secondary N) is 1. The van der Waals surface area contributed by atoms with Gasteiger partial charge in [-0.3, -0.25) is 4.98 Å². The van der Waals surface area contributed by atoms with Gasteiger partial charge in [0.25, 0.3) is 0 Å². The number of fused-ring (bicyclic) bond motifs is 1. The molecule has 2 heterocycles. The normalized spacial score (nSPS) is 22.4. The minimum absolute atomic E-state index is 0.139. The van der Waals surface area contributed by atoms with E-state index < -0.39 is 0 Å². The van der Waals surface area contributed by atoms with Crippen molar-refractivity contribution in [3.05, 3.63) is 36.0 Å². The second kappa shape index (κ2) is 4.96. The molecule has 4 nitrogen and oxygen atoms in total. The number of pyridine rings is 1. The van der Waals surface area contributed by atoms with Gasteiger partial charge in [-0.1, -0.05) is 18.2 Å². The fraction of sp³-hybridized carbons (Fsp3) is 0.444. The van der Waals surface area contributed by atoms with Crippen molar-refractivity contribution in [3.63, 3.8) is 0 Å². The van der Waals surface area contributed by atoms with Gasteiger partial charge < -0.3 is 10.1 Å². The number of anilines is 1. The second-order valence-corrected chi connectivity index (χ2v) is 7.04. The van der Waals surface area contributed by atoms with Gasteiger partial charge in [-0.2, -0.15) is 5.26 Å². The number of aromatic nitrogens is 1. The highest BCUT2D eigenvalue weighted by Crippen LogP contribution is 2.40. The molecular weight excluding hydrogens is 274 g/mol. The summed E-state index contributed by atoms with van der Waals surface area (Å²) in [5, 5.41) is 14.0. The zero-order valence-corrected chi connectivity index (χ0v) is 13.5. The van der Waals surface area contributed by atoms with Crippen LogP contribution in [0.1, 0.15) is 39.7 Å². The van der Waals surface area contributed by atoms with Crippen molar-refractivity contribution in [1.29, 1.82) is 5.26 Å². The predicted molar refractivity (Wildman–Crippen MR) is 87.7 cm³/mol. The maximum Gasteiger partial charge on any atom is 0.103 e. The van der Waals surface area contributed by atoms with Crippen LogP contribution in [-0.4, -0.2) is 22.2 Å². The molecule has 0 radical (unpaired) electrons. The third kappa shape index (κ3) is 2.53. The SMILES string of the molecule is CC1(C)CC(Nc2c(C#N)cnc3ccccc23)C(C)(C)O1. The maximum atomic E-state index is 9.42. The van der Waals surface area contributed by atoms with E-state index in [0.29, 0.717) is 5.56 Å². The van der Waals surface area contributed by atoms with E-state index in [4.69, 9.17) is 4.74 Å². The molecule has 1 aliphatic rings. The lowest BCUT2D eigenvalue weighted by molar-refractivity contribution is -0.0662. The van der Waals surface area contributed by atoms with Gasteiger partial charge in [0.05, 0.1) is 34.0 Å². The number of hydrogen-bond donors (Lipinski definition) is 1. The first kappa shape index (κ1) is 14.8. The van der Waals surface area contributed by atoms with Crippen LogP contribution in [0.2, 0.25) is 0 Å². The summed E-state index contributed by atoms with van der Waals surface area (Å²) >= 11 is 0. The Bertz CT molecular complexity index is 759. The predicted octanol–water partition coefficient (Wildman–Crippen LogP) is 3.86. The molecule has 0 bridgehead atoms. The van der Waals surface area contributed by atoms with E-state index in [9.17, 15) is 5.26 Å². The molecule has 2 aromatic rings. The average molecular weight is 295 g/mol. The summed E-state index contributed by atoms with van der Waals surface area (Å²) in [7, 11) is 0. The van der Waals surface area contributed by atoms with E-state index in [1.807, 2.05) is 24.3 Å². The number of ether oxygens (including phenoxy) is 1. The molecule has 0 amide bonds. The number of rotatable bonds is 2. The standard InChI is InChI=1S/C18H21N3O/c1-17(2)9-15(18(3,4)22-17)21-16-12(10-19)11-20-14-8-6-5-7-13(14)16/h5-8,11,15H,9H2,1-4H3,(H,20,21). The summed E-state index contributed by atoms with van der Waals surface area (Å²) in [4.78, 5) is 4.36. The molecular formula is C18H21N3O. The van der Waals surface area contributed by atoms with Crippen LogP contribution >= 0.6 is 0 Å². The Balaban J connectivity index is 2.06. The fourth-order valence-electron chi connectivity index (χ4n) is 3.34. The van der Waals surface area contributed by atoms with Gasteiger partial charge in [0.15, 0.2) is 0 Å². The van der Waals surface area contributed by atoms with Crippen molar-refractivity contribution in [2.45, 2.75) is 51.4 Å². The van der Waals surface area contributed by atoms with Crippen molar-refractivity contribution in [3.8, 4) is 6.07 Å². The van der Waals surface area contributed by atoms with E-state index in [1.165, 1.54) is 0 Å². The van der Waals surface area contributed by atoms with Crippen LogP contribution in [-0.2, 0) is 4.74 Å². The number of nitrogens with zero attached hydrogens (tertiary/aromatic N) is 2. The lowest BCUT2D eigenvalue weighted by Crippen LogP contribution is -2.38. The van der Waals surface area contributed by atoms with Crippen molar-refractivity contribution < 1.29 is 4.74 Å². The lowest BCUT2D eigenvalue weighted by atomic mass is 9.93. The minimum Gasteiger partial charge on any atom is -0.378 e. The molecule has 1 atom stereocenters. The highest BCUT2D eigenvalue weighted by Gasteiger charge is 2.46. The summed E-state index contributed by atoms with van der Waals surface area (Å²) < 4.78 is 6.15. The van der Waals surface area contributed by atoms with E-state index in [0.717, 1.165) is 23.0 Å². The summed E-state index contributed by atoms with van der Waals surface area (Å²) in [6.45, 7) is 8.39. The van der Waals surface area contributed by atoms with Crippen molar-refractivity contribution >= 4 is 16.6 Å². The molecule has 4 heteroatoms. The van der Waals surface area contributed by atoms with E-state index in [-0.39, 0.29) is 17.2 Å². The highest BCUT2D eigenvalue weighted by molar-refractivity contribution is 5.94. The number of nitriles is 1. The molecule has 1 aromatic carbocycles. The molecule has 1 unspecified atom stereocenters. The van der Waals surface area contributed by atoms with Crippen LogP contribution in [0.25, 0.3) is 10.9 Å². The third-order valence-electron chi connectivity index (χ3n) is 4.29. The van der Waals surface area contributed by atoms with Gasteiger partial charge >= 0.3 is 0 Å². The fourth-order valence-corrected chi connectivity index (χ4v) is 3.34. The summed E-state index contributed by atoms with van der Waals surface area (Å²) in [5.41, 5.74) is 1.85. The zero-order chi connectivity index (χ0) is 16.0. The topological polar surface area (TPSA) is 57.9 Å². The monoisotopic (exact) mass is 295 g/mol. The van der Waals surface area contributed by atoms with Gasteiger partial charge in [0.2, 0.25) is 0 Å². The molecule has 0 spiro atoms. The molecule has 0 aliphatic carbocycles. The average Bonchev–Trinajstić information content (AvgIpc) is 2.66. The van der Waals surface area contributed by atoms with Gasteiger partial charge in [0, 0.05) is 11.6 Å². The first-order chi connectivity index (χ1) is 10.3. The van der Waals surface area contributed by atoms with Crippen LogP contribution in [0.5, 0.6) is 0 Å². The number of para-hydroxylation sites is 1. The Morgan fingerprint density at radius 1 is 1.27 bits per heavy atom. The molecule has 1 aromatic heterocycles. The zero-order valence-electron chi connectivity index (χ0n) is 13.5. The van der Waals surface area contributed by atoms with Crippen LogP contribution in [0, 0.1) is 11.3 Å². The van der Waals surface area contributed by atoms with Crippen molar-refractivity contribution in [1.82, 2.24) is 4.98 Å². The molecule has 114 valence electrons. The van der Waals surface area contributed by atoms with E-state index >= 15 is 0 Å². The molecule has 1 saturated heterocycles. The van der Waals surface area contributed by atoms with Gasteiger partial charge in [-0.25, -0.2) is 0 Å². The largest absolute Gasteiger partial charge is 0.378 e. The van der Waals surface area contributed by atoms with Crippen LogP contribution in [0.3, 0.4) is 0 Å². The molecule has 1 fully saturated rings. The first-order valence-corrected chi connectivity index (χ1v) is 7.57.